The lowest BCUT2D eigenvalue weighted by Gasteiger charge is -2.20. The average molecular weight is 447 g/mol. The van der Waals surface area contributed by atoms with Crippen molar-refractivity contribution in [1.82, 2.24) is 0 Å². The van der Waals surface area contributed by atoms with E-state index in [1.807, 2.05) is 6.92 Å². The molecule has 2 N–H and O–H groups in total. The molecule has 0 saturated carbocycles. The van der Waals surface area contributed by atoms with Gasteiger partial charge in [0, 0.05) is 3.57 Å². The van der Waals surface area contributed by atoms with Crippen LogP contribution in [0.1, 0.15) is 55.6 Å². The van der Waals surface area contributed by atoms with Crippen molar-refractivity contribution >= 4 is 46.1 Å². The van der Waals surface area contributed by atoms with Crippen molar-refractivity contribution in [2.45, 2.75) is 53.1 Å². The molecule has 7 heteroatoms. The number of carboxylic acid groups (broad SMARTS) is 1. The summed E-state index contributed by atoms with van der Waals surface area (Å²) in [5, 5.41) is 11.9. The third-order valence-corrected chi connectivity index (χ3v) is 4.19. The van der Waals surface area contributed by atoms with E-state index in [-0.39, 0.29) is 11.3 Å². The first kappa shape index (κ1) is 20.4. The second-order valence-corrected chi connectivity index (χ2v) is 7.52. The minimum Gasteiger partial charge on any atom is -0.478 e. The summed E-state index contributed by atoms with van der Waals surface area (Å²) in [6.45, 7) is 8.85. The quantitative estimate of drug-likeness (QED) is 0.409. The van der Waals surface area contributed by atoms with Crippen molar-refractivity contribution in [3.8, 4) is 0 Å². The van der Waals surface area contributed by atoms with Crippen LogP contribution in [0.2, 0.25) is 0 Å². The molecule has 0 bridgehead atoms. The molecule has 0 heterocycles. The number of hydrogen-bond acceptors (Lipinski definition) is 4. The maximum atomic E-state index is 12.1. The molecule has 24 heavy (non-hydrogen) atoms. The molecule has 0 aromatic heterocycles. The summed E-state index contributed by atoms with van der Waals surface area (Å²) in [5.74, 6) is -2.39. The van der Waals surface area contributed by atoms with Crippen LogP contribution in [0.5, 0.6) is 0 Å². The Hall–Kier alpha value is -1.64. The van der Waals surface area contributed by atoms with Crippen molar-refractivity contribution in [2.24, 2.45) is 0 Å². The van der Waals surface area contributed by atoms with Crippen LogP contribution in [-0.2, 0) is 20.7 Å². The fourth-order valence-electron chi connectivity index (χ4n) is 2.27. The molecule has 0 spiro atoms. The largest absolute Gasteiger partial charge is 0.478 e. The normalized spacial score (nSPS) is 11.1. The van der Waals surface area contributed by atoms with Crippen LogP contribution in [0.4, 0.5) is 5.69 Å². The molecule has 1 rings (SSSR count). The highest BCUT2D eigenvalue weighted by atomic mass is 127. The molecule has 6 nitrogen and oxygen atoms in total. The van der Waals surface area contributed by atoms with Gasteiger partial charge in [-0.2, -0.15) is 0 Å². The summed E-state index contributed by atoms with van der Waals surface area (Å²) in [6.07, 6.45) is 0.238. The SMILES string of the molecule is CCc1c(I)cc(C(=O)O)c(NC(=O)CC(=O)OC(C)(C)C)c1C. The predicted octanol–water partition coefficient (Wildman–Crippen LogP) is 3.53. The summed E-state index contributed by atoms with van der Waals surface area (Å²) in [7, 11) is 0. The highest BCUT2D eigenvalue weighted by Crippen LogP contribution is 2.29. The van der Waals surface area contributed by atoms with Crippen LogP contribution in [-0.4, -0.2) is 28.6 Å². The number of aromatic carboxylic acids is 1. The summed E-state index contributed by atoms with van der Waals surface area (Å²) >= 11 is 2.08. The standard InChI is InChI=1S/C17H22INO5/c1-6-10-9(2)15(11(16(22)23)7-12(10)18)19-13(20)8-14(21)24-17(3,4)5/h7H,6,8H2,1-5H3,(H,19,20)(H,22,23). The zero-order valence-electron chi connectivity index (χ0n) is 14.4. The number of halogens is 1. The molecule has 1 aromatic rings. The van der Waals surface area contributed by atoms with Crippen LogP contribution in [0.3, 0.4) is 0 Å². The smallest absolute Gasteiger partial charge is 0.337 e. The fourth-order valence-corrected chi connectivity index (χ4v) is 3.37. The Morgan fingerprint density at radius 3 is 2.33 bits per heavy atom. The van der Waals surface area contributed by atoms with E-state index in [0.29, 0.717) is 12.0 Å². The van der Waals surface area contributed by atoms with E-state index in [9.17, 15) is 19.5 Å². The average Bonchev–Trinajstić information content (AvgIpc) is 2.39. The number of anilines is 1. The number of esters is 1. The van der Waals surface area contributed by atoms with E-state index in [0.717, 1.165) is 9.13 Å². The molecule has 0 radical (unpaired) electrons. The molecular weight excluding hydrogens is 425 g/mol. The minimum atomic E-state index is -1.13. The first-order valence-corrected chi connectivity index (χ1v) is 8.61. The van der Waals surface area contributed by atoms with E-state index in [1.54, 1.807) is 27.7 Å². The Bertz CT molecular complexity index is 677. The van der Waals surface area contributed by atoms with Crippen LogP contribution < -0.4 is 5.32 Å². The lowest BCUT2D eigenvalue weighted by molar-refractivity contribution is -0.155. The molecule has 132 valence electrons. The molecule has 1 amide bonds. The van der Waals surface area contributed by atoms with E-state index in [2.05, 4.69) is 27.9 Å². The van der Waals surface area contributed by atoms with Crippen LogP contribution in [0.15, 0.2) is 6.07 Å². The van der Waals surface area contributed by atoms with Gasteiger partial charge in [-0.05, 0) is 73.9 Å². The highest BCUT2D eigenvalue weighted by Gasteiger charge is 2.22. The predicted molar refractivity (Wildman–Crippen MR) is 99.3 cm³/mol. The van der Waals surface area contributed by atoms with Crippen molar-refractivity contribution < 1.29 is 24.2 Å². The van der Waals surface area contributed by atoms with E-state index in [1.165, 1.54) is 6.07 Å². The lowest BCUT2D eigenvalue weighted by Crippen LogP contribution is -2.27. The third kappa shape index (κ3) is 5.47. The first-order chi connectivity index (χ1) is 11.0. The highest BCUT2D eigenvalue weighted by molar-refractivity contribution is 14.1. The monoisotopic (exact) mass is 447 g/mol. The van der Waals surface area contributed by atoms with Crippen molar-refractivity contribution in [3.05, 3.63) is 26.3 Å². The molecule has 0 atom stereocenters. The second-order valence-electron chi connectivity index (χ2n) is 6.35. The van der Waals surface area contributed by atoms with Gasteiger partial charge in [0.1, 0.15) is 12.0 Å². The molecular formula is C17H22INO5. The molecule has 0 aliphatic heterocycles. The summed E-state index contributed by atoms with van der Waals surface area (Å²) in [5.41, 5.74) is 1.21. The van der Waals surface area contributed by atoms with Gasteiger partial charge in [-0.25, -0.2) is 4.79 Å². The third-order valence-electron chi connectivity index (χ3n) is 3.23. The number of nitrogens with one attached hydrogen (secondary N) is 1. The van der Waals surface area contributed by atoms with E-state index in [4.69, 9.17) is 4.74 Å². The number of carboxylic acids is 1. The summed E-state index contributed by atoms with van der Waals surface area (Å²) in [4.78, 5) is 35.3. The zero-order chi connectivity index (χ0) is 18.7. The van der Waals surface area contributed by atoms with E-state index >= 15 is 0 Å². The van der Waals surface area contributed by atoms with Gasteiger partial charge in [0.2, 0.25) is 5.91 Å². The fraction of sp³-hybridized carbons (Fsp3) is 0.471. The summed E-state index contributed by atoms with van der Waals surface area (Å²) in [6, 6.07) is 1.53. The van der Waals surface area contributed by atoms with Crippen LogP contribution in [0, 0.1) is 10.5 Å². The zero-order valence-corrected chi connectivity index (χ0v) is 16.6. The topological polar surface area (TPSA) is 92.7 Å². The summed E-state index contributed by atoms with van der Waals surface area (Å²) < 4.78 is 5.93. The van der Waals surface area contributed by atoms with Gasteiger partial charge in [-0.3, -0.25) is 9.59 Å². The Morgan fingerprint density at radius 1 is 1.29 bits per heavy atom. The lowest BCUT2D eigenvalue weighted by atomic mass is 10.00. The van der Waals surface area contributed by atoms with Gasteiger partial charge in [0.05, 0.1) is 11.3 Å². The molecule has 0 saturated heterocycles. The minimum absolute atomic E-state index is 0.00615. The van der Waals surface area contributed by atoms with Crippen molar-refractivity contribution in [3.63, 3.8) is 0 Å². The Balaban J connectivity index is 3.07. The molecule has 0 aliphatic carbocycles. The maximum absolute atomic E-state index is 12.1. The Morgan fingerprint density at radius 2 is 1.88 bits per heavy atom. The number of benzene rings is 1. The number of amides is 1. The molecule has 0 aliphatic rings. The van der Waals surface area contributed by atoms with E-state index < -0.39 is 29.9 Å². The maximum Gasteiger partial charge on any atom is 0.337 e. The molecule has 0 fully saturated rings. The van der Waals surface area contributed by atoms with Gasteiger partial charge < -0.3 is 15.2 Å². The van der Waals surface area contributed by atoms with Gasteiger partial charge in [0.15, 0.2) is 0 Å². The van der Waals surface area contributed by atoms with Gasteiger partial charge >= 0.3 is 11.9 Å². The number of carbonyl (C=O) groups excluding carboxylic acids is 2. The number of hydrogen-bond donors (Lipinski definition) is 2. The Kier molecular flexibility index (Phi) is 6.76. The van der Waals surface area contributed by atoms with Gasteiger partial charge in [-0.15, -0.1) is 0 Å². The molecule has 0 unspecified atom stereocenters. The number of carbonyl (C=O) groups is 3. The molecule has 1 aromatic carbocycles. The van der Waals surface area contributed by atoms with Crippen LogP contribution in [0.25, 0.3) is 0 Å². The van der Waals surface area contributed by atoms with Crippen LogP contribution >= 0.6 is 22.6 Å². The second kappa shape index (κ2) is 7.96. The van der Waals surface area contributed by atoms with Crippen molar-refractivity contribution in [2.75, 3.05) is 5.32 Å². The number of rotatable bonds is 5. The van der Waals surface area contributed by atoms with Gasteiger partial charge in [-0.1, -0.05) is 6.92 Å². The first-order valence-electron chi connectivity index (χ1n) is 7.53. The van der Waals surface area contributed by atoms with Gasteiger partial charge in [0.25, 0.3) is 0 Å². The Labute approximate surface area is 155 Å². The van der Waals surface area contributed by atoms with Crippen molar-refractivity contribution in [1.29, 1.82) is 0 Å². The number of ether oxygens (including phenoxy) is 1.